The molecule has 1 heterocycles. The Hall–Kier alpha value is -2.15. The molecular weight excluding hydrogens is 355 g/mol. The molecule has 0 aliphatic carbocycles. The summed E-state index contributed by atoms with van der Waals surface area (Å²) in [6, 6.07) is 5.68. The summed E-state index contributed by atoms with van der Waals surface area (Å²) in [5.41, 5.74) is 6.28. The van der Waals surface area contributed by atoms with Crippen LogP contribution in [0.5, 0.6) is 5.75 Å². The second-order valence-corrected chi connectivity index (χ2v) is 7.76. The van der Waals surface area contributed by atoms with Crippen molar-refractivity contribution in [3.8, 4) is 17.0 Å². The van der Waals surface area contributed by atoms with Crippen LogP contribution in [0.25, 0.3) is 11.3 Å². The molecule has 0 fully saturated rings. The van der Waals surface area contributed by atoms with E-state index in [1.165, 1.54) is 6.07 Å². The smallest absolute Gasteiger partial charge is 0.419 e. The summed E-state index contributed by atoms with van der Waals surface area (Å²) < 4.78 is 46.2. The number of nitrogens with two attached hydrogens (primary N) is 1. The molecule has 0 spiro atoms. The fraction of sp³-hybridized carbons (Fsp3) is 0.500. The molecule has 0 radical (unpaired) electrons. The Kier molecular flexibility index (Phi) is 6.14. The summed E-state index contributed by atoms with van der Waals surface area (Å²) in [4.78, 5) is 8.40. The molecule has 2 N–H and O–H groups in total. The largest absolute Gasteiger partial charge is 0.493 e. The van der Waals surface area contributed by atoms with Crippen molar-refractivity contribution >= 4 is 0 Å². The summed E-state index contributed by atoms with van der Waals surface area (Å²) in [5, 5.41) is 0. The van der Waals surface area contributed by atoms with Gasteiger partial charge in [0.15, 0.2) is 0 Å². The Balaban J connectivity index is 2.31. The summed E-state index contributed by atoms with van der Waals surface area (Å²) in [5.74, 6) is 0.352. The van der Waals surface area contributed by atoms with Gasteiger partial charge in [-0.2, -0.15) is 13.2 Å². The number of aromatic nitrogens is 2. The van der Waals surface area contributed by atoms with Crippen molar-refractivity contribution in [2.75, 3.05) is 6.61 Å². The molecule has 0 unspecified atom stereocenters. The summed E-state index contributed by atoms with van der Waals surface area (Å²) in [6.45, 7) is 9.31. The third kappa shape index (κ3) is 6.20. The maximum absolute atomic E-state index is 13.6. The maximum Gasteiger partial charge on any atom is 0.419 e. The third-order valence-electron chi connectivity index (χ3n) is 3.94. The molecule has 27 heavy (non-hydrogen) atoms. The van der Waals surface area contributed by atoms with E-state index in [9.17, 15) is 13.2 Å². The van der Waals surface area contributed by atoms with E-state index in [-0.39, 0.29) is 18.3 Å². The monoisotopic (exact) mass is 381 g/mol. The zero-order chi connectivity index (χ0) is 20.4. The van der Waals surface area contributed by atoms with Crippen molar-refractivity contribution in [3.05, 3.63) is 41.3 Å². The molecule has 0 saturated heterocycles. The van der Waals surface area contributed by atoms with Gasteiger partial charge in [0.2, 0.25) is 0 Å². The number of nitrogens with zero attached hydrogens (tertiary/aromatic N) is 2. The van der Waals surface area contributed by atoms with Gasteiger partial charge < -0.3 is 10.5 Å². The molecule has 148 valence electrons. The van der Waals surface area contributed by atoms with Crippen molar-refractivity contribution < 1.29 is 17.9 Å². The van der Waals surface area contributed by atoms with Gasteiger partial charge in [-0.25, -0.2) is 9.97 Å². The zero-order valence-electron chi connectivity index (χ0n) is 16.3. The van der Waals surface area contributed by atoms with Crippen molar-refractivity contribution in [3.63, 3.8) is 0 Å². The molecule has 0 bridgehead atoms. The van der Waals surface area contributed by atoms with Gasteiger partial charge in [0, 0.05) is 16.8 Å². The van der Waals surface area contributed by atoms with E-state index in [1.54, 1.807) is 26.0 Å². The van der Waals surface area contributed by atoms with Crippen molar-refractivity contribution in [1.82, 2.24) is 9.97 Å². The van der Waals surface area contributed by atoms with Crippen LogP contribution < -0.4 is 10.5 Å². The molecule has 7 heteroatoms. The van der Waals surface area contributed by atoms with Gasteiger partial charge in [0.25, 0.3) is 0 Å². The second-order valence-electron chi connectivity index (χ2n) is 7.76. The average molecular weight is 381 g/mol. The number of aryl methyl sites for hydroxylation is 2. The Bertz CT molecular complexity index is 778. The van der Waals surface area contributed by atoms with Crippen LogP contribution in [0.4, 0.5) is 13.2 Å². The molecule has 2 aromatic rings. The number of rotatable bonds is 6. The first-order valence-electron chi connectivity index (χ1n) is 8.81. The number of benzene rings is 1. The minimum absolute atomic E-state index is 0.0259. The highest BCUT2D eigenvalue weighted by Gasteiger charge is 2.35. The van der Waals surface area contributed by atoms with Crippen LogP contribution in [0.15, 0.2) is 24.3 Å². The highest BCUT2D eigenvalue weighted by atomic mass is 19.4. The molecule has 0 amide bonds. The normalized spacial score (nSPS) is 13.5. The van der Waals surface area contributed by atoms with E-state index in [0.717, 1.165) is 6.07 Å². The highest BCUT2D eigenvalue weighted by Crippen LogP contribution is 2.39. The van der Waals surface area contributed by atoms with Crippen LogP contribution in [-0.4, -0.2) is 22.1 Å². The van der Waals surface area contributed by atoms with E-state index in [0.29, 0.717) is 29.2 Å². The molecule has 2 rings (SSSR count). The Labute approximate surface area is 158 Å². The molecule has 1 atom stereocenters. The molecule has 1 aromatic heterocycles. The fourth-order valence-corrected chi connectivity index (χ4v) is 3.09. The average Bonchev–Trinajstić information content (AvgIpc) is 2.49. The van der Waals surface area contributed by atoms with Gasteiger partial charge in [0.05, 0.1) is 17.9 Å². The van der Waals surface area contributed by atoms with Gasteiger partial charge in [0.1, 0.15) is 11.6 Å². The predicted molar refractivity (Wildman–Crippen MR) is 99.5 cm³/mol. The van der Waals surface area contributed by atoms with Crippen LogP contribution in [0.1, 0.15) is 44.3 Å². The maximum atomic E-state index is 13.6. The second kappa shape index (κ2) is 7.84. The van der Waals surface area contributed by atoms with E-state index < -0.39 is 17.3 Å². The van der Waals surface area contributed by atoms with Crippen molar-refractivity contribution in [2.45, 2.75) is 52.8 Å². The zero-order valence-corrected chi connectivity index (χ0v) is 16.3. The van der Waals surface area contributed by atoms with Crippen molar-refractivity contribution in [1.29, 1.82) is 0 Å². The van der Waals surface area contributed by atoms with Gasteiger partial charge in [-0.3, -0.25) is 0 Å². The molecule has 1 aromatic carbocycles. The van der Waals surface area contributed by atoms with Gasteiger partial charge >= 0.3 is 6.18 Å². The van der Waals surface area contributed by atoms with Crippen LogP contribution in [0, 0.1) is 19.8 Å². The minimum atomic E-state index is -4.53. The molecular formula is C20H26F3N3O. The quantitative estimate of drug-likeness (QED) is 0.771. The van der Waals surface area contributed by atoms with Crippen LogP contribution in [0.3, 0.4) is 0 Å². The molecule has 0 saturated carbocycles. The fourth-order valence-electron chi connectivity index (χ4n) is 3.09. The van der Waals surface area contributed by atoms with Crippen molar-refractivity contribution in [2.24, 2.45) is 11.7 Å². The van der Waals surface area contributed by atoms with Gasteiger partial charge in [-0.1, -0.05) is 6.92 Å². The SMILES string of the molecule is Cc1cc(-c2ccc(OC[C@@H](C)CC(C)(C)N)c(C(F)(F)F)c2)nc(C)n1. The first kappa shape index (κ1) is 21.2. The summed E-state index contributed by atoms with van der Waals surface area (Å²) in [6.07, 6.45) is -3.88. The number of halogens is 3. The van der Waals surface area contributed by atoms with Crippen LogP contribution >= 0.6 is 0 Å². The van der Waals surface area contributed by atoms with E-state index in [1.807, 2.05) is 20.8 Å². The van der Waals surface area contributed by atoms with Gasteiger partial charge in [-0.05, 0) is 64.3 Å². The van der Waals surface area contributed by atoms with Gasteiger partial charge in [-0.15, -0.1) is 0 Å². The highest BCUT2D eigenvalue weighted by molar-refractivity contribution is 5.63. The molecule has 4 nitrogen and oxygen atoms in total. The van der Waals surface area contributed by atoms with E-state index >= 15 is 0 Å². The Morgan fingerprint density at radius 3 is 2.33 bits per heavy atom. The Morgan fingerprint density at radius 2 is 1.78 bits per heavy atom. The lowest BCUT2D eigenvalue weighted by atomic mass is 9.93. The van der Waals surface area contributed by atoms with E-state index in [4.69, 9.17) is 10.5 Å². The number of hydrogen-bond acceptors (Lipinski definition) is 4. The summed E-state index contributed by atoms with van der Waals surface area (Å²) in [7, 11) is 0. The summed E-state index contributed by atoms with van der Waals surface area (Å²) >= 11 is 0. The number of hydrogen-bond donors (Lipinski definition) is 1. The lowest BCUT2D eigenvalue weighted by molar-refractivity contribution is -0.139. The lowest BCUT2D eigenvalue weighted by Crippen LogP contribution is -2.35. The minimum Gasteiger partial charge on any atom is -0.493 e. The number of ether oxygens (including phenoxy) is 1. The number of alkyl halides is 3. The van der Waals surface area contributed by atoms with E-state index in [2.05, 4.69) is 9.97 Å². The third-order valence-corrected chi connectivity index (χ3v) is 3.94. The lowest BCUT2D eigenvalue weighted by Gasteiger charge is -2.24. The molecule has 0 aliphatic heterocycles. The predicted octanol–water partition coefficient (Wildman–Crippen LogP) is 4.92. The standard InChI is InChI=1S/C20H26F3N3O/c1-12(10-19(4,5)24)11-27-18-7-6-15(9-16(18)20(21,22)23)17-8-13(2)25-14(3)26-17/h6-9,12H,10-11,24H2,1-5H3/t12-/m0/s1. The van der Waals surface area contributed by atoms with Crippen LogP contribution in [0.2, 0.25) is 0 Å². The molecule has 0 aliphatic rings. The topological polar surface area (TPSA) is 61.0 Å². The first-order chi connectivity index (χ1) is 12.3. The first-order valence-corrected chi connectivity index (χ1v) is 8.81. The Morgan fingerprint density at radius 1 is 1.11 bits per heavy atom. The van der Waals surface area contributed by atoms with Crippen LogP contribution in [-0.2, 0) is 6.18 Å².